The van der Waals surface area contributed by atoms with Crippen LogP contribution in [0.1, 0.15) is 45.4 Å². The van der Waals surface area contributed by atoms with Crippen LogP contribution < -0.4 is 0 Å². The first-order valence-corrected chi connectivity index (χ1v) is 11.8. The van der Waals surface area contributed by atoms with Gasteiger partial charge in [0.2, 0.25) is 0 Å². The molecule has 1 atom stereocenters. The number of allylic oxidation sites excluding steroid dienone is 3. The maximum Gasteiger partial charge on any atom is 0.313 e. The monoisotopic (exact) mass is 340 g/mol. The van der Waals surface area contributed by atoms with Crippen molar-refractivity contribution in [3.63, 3.8) is 0 Å². The first kappa shape index (κ1) is 21.8. The van der Waals surface area contributed by atoms with Gasteiger partial charge in [-0.15, -0.1) is 0 Å². The molecule has 0 aliphatic rings. The van der Waals surface area contributed by atoms with Gasteiger partial charge in [-0.3, -0.25) is 9.59 Å². The first-order chi connectivity index (χ1) is 10.8. The summed E-state index contributed by atoms with van der Waals surface area (Å²) in [5, 5.41) is 0. The van der Waals surface area contributed by atoms with Gasteiger partial charge >= 0.3 is 5.97 Å². The number of carbonyl (C=O) groups is 2. The van der Waals surface area contributed by atoms with Gasteiger partial charge in [-0.2, -0.15) is 0 Å². The molecule has 0 radical (unpaired) electrons. The molecule has 0 fully saturated rings. The minimum Gasteiger partial charge on any atom is -0.469 e. The number of carbonyl (C=O) groups excluding carboxylic acids is 2. The molecule has 5 heteroatoms. The van der Waals surface area contributed by atoms with E-state index in [-0.39, 0.29) is 24.7 Å². The molecule has 0 heterocycles. The Morgan fingerprint density at radius 1 is 1.13 bits per heavy atom. The highest BCUT2D eigenvalue weighted by atomic mass is 28.4. The highest BCUT2D eigenvalue weighted by Crippen LogP contribution is 2.13. The average molecular weight is 341 g/mol. The molecule has 0 amide bonds. The molecule has 1 unspecified atom stereocenters. The lowest BCUT2D eigenvalue weighted by atomic mass is 10.1. The van der Waals surface area contributed by atoms with Crippen LogP contribution >= 0.6 is 0 Å². The second kappa shape index (κ2) is 12.2. The van der Waals surface area contributed by atoms with E-state index in [1.54, 1.807) is 0 Å². The third-order valence-electron chi connectivity index (χ3n) is 3.05. The van der Waals surface area contributed by atoms with E-state index < -0.39 is 14.3 Å². The summed E-state index contributed by atoms with van der Waals surface area (Å²) >= 11 is 0. The van der Waals surface area contributed by atoms with Gasteiger partial charge in [0.1, 0.15) is 12.2 Å². The summed E-state index contributed by atoms with van der Waals surface area (Å²) < 4.78 is 10.5. The quantitative estimate of drug-likeness (QED) is 0.173. The van der Waals surface area contributed by atoms with Gasteiger partial charge in [-0.1, -0.05) is 44.1 Å². The van der Waals surface area contributed by atoms with Crippen molar-refractivity contribution in [1.82, 2.24) is 0 Å². The zero-order valence-electron chi connectivity index (χ0n) is 15.3. The number of methoxy groups -OCH3 is 1. The van der Waals surface area contributed by atoms with Crippen molar-refractivity contribution in [3.05, 3.63) is 24.3 Å². The minimum absolute atomic E-state index is 0.156. The number of ketones is 1. The fourth-order valence-corrected chi connectivity index (χ4v) is 3.08. The van der Waals surface area contributed by atoms with Crippen molar-refractivity contribution >= 4 is 20.1 Å². The Kier molecular flexibility index (Phi) is 11.6. The summed E-state index contributed by atoms with van der Waals surface area (Å²) in [6.45, 7) is 8.44. The highest BCUT2D eigenvalue weighted by Gasteiger charge is 2.22. The normalized spacial score (nSPS) is 13.6. The summed E-state index contributed by atoms with van der Waals surface area (Å²) in [6.07, 6.45) is 12.4. The summed E-state index contributed by atoms with van der Waals surface area (Å²) in [4.78, 5) is 23.1. The van der Waals surface area contributed by atoms with E-state index in [0.29, 0.717) is 0 Å². The van der Waals surface area contributed by atoms with Crippen LogP contribution in [0.25, 0.3) is 0 Å². The van der Waals surface area contributed by atoms with Gasteiger partial charge in [0.25, 0.3) is 0 Å². The number of rotatable bonds is 12. The molecule has 0 aromatic rings. The number of hydrogen-bond acceptors (Lipinski definition) is 4. The predicted molar refractivity (Wildman–Crippen MR) is 96.9 cm³/mol. The van der Waals surface area contributed by atoms with Crippen LogP contribution in [0.5, 0.6) is 0 Å². The Morgan fingerprint density at radius 3 is 2.39 bits per heavy atom. The molecule has 0 aliphatic heterocycles. The molecule has 0 aromatic heterocycles. The average Bonchev–Trinajstić information content (AvgIpc) is 2.44. The van der Waals surface area contributed by atoms with Gasteiger partial charge in [-0.05, 0) is 32.5 Å². The second-order valence-electron chi connectivity index (χ2n) is 6.57. The van der Waals surface area contributed by atoms with Gasteiger partial charge in [0.15, 0.2) is 8.32 Å². The third-order valence-corrected chi connectivity index (χ3v) is 4.06. The molecule has 0 saturated heterocycles. The summed E-state index contributed by atoms with van der Waals surface area (Å²) in [5.74, 6) is -0.654. The fraction of sp³-hybridized carbons (Fsp3) is 0.667. The van der Waals surface area contributed by atoms with Gasteiger partial charge in [0.05, 0.1) is 13.2 Å². The van der Waals surface area contributed by atoms with Crippen LogP contribution in [-0.2, 0) is 18.8 Å². The maximum atomic E-state index is 11.9. The molecule has 0 aromatic carbocycles. The van der Waals surface area contributed by atoms with Crippen molar-refractivity contribution in [2.45, 2.75) is 71.2 Å². The van der Waals surface area contributed by atoms with Gasteiger partial charge < -0.3 is 9.16 Å². The topological polar surface area (TPSA) is 52.6 Å². The van der Waals surface area contributed by atoms with E-state index in [1.165, 1.54) is 26.4 Å². The Labute approximate surface area is 142 Å². The Bertz CT molecular complexity index is 408. The van der Waals surface area contributed by atoms with Gasteiger partial charge in [0, 0.05) is 6.42 Å². The second-order valence-corrected chi connectivity index (χ2v) is 11.0. The SMILES string of the molecule is CCCCC/C=C/C=C/C(CC(=O)CC(=O)OC)O[Si](C)(C)C. The summed E-state index contributed by atoms with van der Waals surface area (Å²) in [7, 11) is -0.479. The van der Waals surface area contributed by atoms with Crippen LogP contribution in [0.3, 0.4) is 0 Å². The number of unbranched alkanes of at least 4 members (excludes halogenated alkanes) is 3. The summed E-state index contributed by atoms with van der Waals surface area (Å²) in [6, 6.07) is 0. The highest BCUT2D eigenvalue weighted by molar-refractivity contribution is 6.69. The van der Waals surface area contributed by atoms with E-state index in [4.69, 9.17) is 4.43 Å². The summed E-state index contributed by atoms with van der Waals surface area (Å²) in [5.41, 5.74) is 0. The van der Waals surface area contributed by atoms with Crippen molar-refractivity contribution < 1.29 is 18.8 Å². The van der Waals surface area contributed by atoms with Crippen molar-refractivity contribution in [3.8, 4) is 0 Å². The third kappa shape index (κ3) is 14.1. The molecule has 0 N–H and O–H groups in total. The molecule has 4 nitrogen and oxygen atoms in total. The number of Topliss-reactive ketones (excluding diaryl/α,β-unsaturated/α-hetero) is 1. The van der Waals surface area contributed by atoms with E-state index in [2.05, 4.69) is 37.4 Å². The Morgan fingerprint density at radius 2 is 1.83 bits per heavy atom. The number of esters is 1. The fourth-order valence-electron chi connectivity index (χ4n) is 2.01. The van der Waals surface area contributed by atoms with Gasteiger partial charge in [-0.25, -0.2) is 0 Å². The van der Waals surface area contributed by atoms with Crippen molar-refractivity contribution in [1.29, 1.82) is 0 Å². The van der Waals surface area contributed by atoms with E-state index in [0.717, 1.165) is 6.42 Å². The molecule has 0 spiro atoms. The smallest absolute Gasteiger partial charge is 0.313 e. The van der Waals surface area contributed by atoms with E-state index in [9.17, 15) is 9.59 Å². The van der Waals surface area contributed by atoms with Crippen LogP contribution in [0.4, 0.5) is 0 Å². The van der Waals surface area contributed by atoms with Crippen LogP contribution in [0.15, 0.2) is 24.3 Å². The number of hydrogen-bond donors (Lipinski definition) is 0. The molecular weight excluding hydrogens is 308 g/mol. The lowest BCUT2D eigenvalue weighted by molar-refractivity contribution is -0.143. The largest absolute Gasteiger partial charge is 0.469 e. The Hall–Kier alpha value is -1.20. The zero-order chi connectivity index (χ0) is 17.7. The molecule has 0 aliphatic carbocycles. The van der Waals surface area contributed by atoms with Crippen molar-refractivity contribution in [2.24, 2.45) is 0 Å². The molecular formula is C18H32O4Si. The standard InChI is InChI=1S/C18H32O4Si/c1-6-7-8-9-10-11-12-13-17(22-23(3,4)5)14-16(19)15-18(20)21-2/h10-13,17H,6-9,14-15H2,1-5H3/b11-10+,13-12+. The van der Waals surface area contributed by atoms with E-state index >= 15 is 0 Å². The van der Waals surface area contributed by atoms with Crippen LogP contribution in [-0.4, -0.2) is 33.3 Å². The van der Waals surface area contributed by atoms with Crippen LogP contribution in [0.2, 0.25) is 19.6 Å². The minimum atomic E-state index is -1.77. The van der Waals surface area contributed by atoms with Crippen molar-refractivity contribution in [2.75, 3.05) is 7.11 Å². The molecule has 23 heavy (non-hydrogen) atoms. The molecule has 0 bridgehead atoms. The Balaban J connectivity index is 4.50. The molecule has 0 rings (SSSR count). The maximum absolute atomic E-state index is 11.9. The van der Waals surface area contributed by atoms with E-state index in [1.807, 2.05) is 18.2 Å². The van der Waals surface area contributed by atoms with Crippen LogP contribution in [0, 0.1) is 0 Å². The molecule has 0 saturated carbocycles. The predicted octanol–water partition coefficient (Wildman–Crippen LogP) is 4.42. The number of ether oxygens (including phenoxy) is 1. The zero-order valence-corrected chi connectivity index (χ0v) is 16.3. The lowest BCUT2D eigenvalue weighted by Gasteiger charge is -2.23. The molecule has 132 valence electrons. The first-order valence-electron chi connectivity index (χ1n) is 8.38. The lowest BCUT2D eigenvalue weighted by Crippen LogP contribution is -2.32.